The highest BCUT2D eigenvalue weighted by Gasteiger charge is 2.16. The van der Waals surface area contributed by atoms with E-state index in [1.54, 1.807) is 0 Å². The summed E-state index contributed by atoms with van der Waals surface area (Å²) in [5.41, 5.74) is 11.1. The van der Waals surface area contributed by atoms with Crippen molar-refractivity contribution >= 4 is 11.4 Å². The van der Waals surface area contributed by atoms with Crippen LogP contribution >= 0.6 is 0 Å². The molecule has 1 aliphatic heterocycles. The van der Waals surface area contributed by atoms with Gasteiger partial charge in [-0.3, -0.25) is 0 Å². The van der Waals surface area contributed by atoms with Crippen molar-refractivity contribution in [1.29, 1.82) is 0 Å². The molecule has 0 unspecified atom stereocenters. The van der Waals surface area contributed by atoms with Gasteiger partial charge in [-0.1, -0.05) is 13.8 Å². The fourth-order valence-electron chi connectivity index (χ4n) is 2.13. The lowest BCUT2D eigenvalue weighted by Gasteiger charge is -2.13. The Balaban J connectivity index is 2.41. The number of nitrogens with one attached hydrogen (secondary N) is 1. The maximum Gasteiger partial charge on any atom is 0.0377 e. The summed E-state index contributed by atoms with van der Waals surface area (Å²) in [5.74, 6) is 0.671. The Bertz CT molecular complexity index is 342. The molecule has 0 atom stereocenters. The molecule has 1 aromatic carbocycles. The molecule has 1 aromatic rings. The highest BCUT2D eigenvalue weighted by molar-refractivity contribution is 5.66. The van der Waals surface area contributed by atoms with Gasteiger partial charge in [0.25, 0.3) is 0 Å². The summed E-state index contributed by atoms with van der Waals surface area (Å²) in [6.45, 7) is 5.53. The van der Waals surface area contributed by atoms with Gasteiger partial charge in [-0.2, -0.15) is 0 Å². The van der Waals surface area contributed by atoms with Crippen molar-refractivity contribution in [3.8, 4) is 0 Å². The van der Waals surface area contributed by atoms with Gasteiger partial charge in [0.15, 0.2) is 0 Å². The first-order valence-corrected chi connectivity index (χ1v) is 5.32. The van der Waals surface area contributed by atoms with E-state index in [0.717, 1.165) is 25.1 Å². The highest BCUT2D eigenvalue weighted by atomic mass is 14.9. The Kier molecular flexibility index (Phi) is 2.36. The summed E-state index contributed by atoms with van der Waals surface area (Å²) in [7, 11) is 0. The minimum Gasteiger partial charge on any atom is -0.398 e. The van der Waals surface area contributed by atoms with E-state index in [2.05, 4.69) is 25.2 Å². The highest BCUT2D eigenvalue weighted by Crippen LogP contribution is 2.31. The van der Waals surface area contributed by atoms with Gasteiger partial charge in [-0.25, -0.2) is 0 Å². The van der Waals surface area contributed by atoms with Crippen molar-refractivity contribution in [2.75, 3.05) is 17.6 Å². The Morgan fingerprint density at radius 2 is 2.21 bits per heavy atom. The fraction of sp³-hybridized carbons (Fsp3) is 0.500. The first-order chi connectivity index (χ1) is 6.68. The van der Waals surface area contributed by atoms with E-state index in [0.29, 0.717) is 5.92 Å². The monoisotopic (exact) mass is 190 g/mol. The quantitative estimate of drug-likeness (QED) is 0.703. The summed E-state index contributed by atoms with van der Waals surface area (Å²) in [6.07, 6.45) is 2.22. The smallest absolute Gasteiger partial charge is 0.0377 e. The normalized spacial score (nSPS) is 14.2. The molecule has 0 spiro atoms. The third kappa shape index (κ3) is 1.57. The minimum atomic E-state index is 0.671. The Morgan fingerprint density at radius 1 is 1.43 bits per heavy atom. The Labute approximate surface area is 85.5 Å². The van der Waals surface area contributed by atoms with E-state index in [4.69, 9.17) is 5.73 Å². The fourth-order valence-corrected chi connectivity index (χ4v) is 2.13. The van der Waals surface area contributed by atoms with Crippen LogP contribution in [0.25, 0.3) is 0 Å². The molecule has 3 N–H and O–H groups in total. The van der Waals surface area contributed by atoms with E-state index in [9.17, 15) is 0 Å². The zero-order valence-corrected chi connectivity index (χ0v) is 8.93. The third-order valence-electron chi connectivity index (χ3n) is 2.77. The molecule has 2 nitrogen and oxygen atoms in total. The first kappa shape index (κ1) is 9.38. The number of nitrogen functional groups attached to an aromatic ring is 1. The number of anilines is 2. The van der Waals surface area contributed by atoms with Crippen molar-refractivity contribution in [3.63, 3.8) is 0 Å². The van der Waals surface area contributed by atoms with Crippen LogP contribution < -0.4 is 11.1 Å². The molecule has 1 aliphatic rings. The molecular weight excluding hydrogens is 172 g/mol. The Morgan fingerprint density at radius 3 is 2.93 bits per heavy atom. The summed E-state index contributed by atoms with van der Waals surface area (Å²) in [6, 6.07) is 4.12. The largest absolute Gasteiger partial charge is 0.398 e. The predicted molar refractivity (Wildman–Crippen MR) is 61.6 cm³/mol. The van der Waals surface area contributed by atoms with Gasteiger partial charge < -0.3 is 11.1 Å². The van der Waals surface area contributed by atoms with E-state index >= 15 is 0 Å². The average molecular weight is 190 g/mol. The molecule has 0 fully saturated rings. The Hall–Kier alpha value is -1.18. The molecule has 0 radical (unpaired) electrons. The second kappa shape index (κ2) is 3.52. The molecule has 14 heavy (non-hydrogen) atoms. The average Bonchev–Trinajstić information content (AvgIpc) is 2.57. The van der Waals surface area contributed by atoms with Crippen LogP contribution in [0.3, 0.4) is 0 Å². The van der Waals surface area contributed by atoms with Crippen LogP contribution in [-0.4, -0.2) is 6.54 Å². The summed E-state index contributed by atoms with van der Waals surface area (Å²) in [5, 5.41) is 3.39. The zero-order chi connectivity index (χ0) is 10.1. The molecule has 0 amide bonds. The molecule has 0 aliphatic carbocycles. The van der Waals surface area contributed by atoms with E-state index in [1.807, 2.05) is 6.07 Å². The van der Waals surface area contributed by atoms with Crippen molar-refractivity contribution in [3.05, 3.63) is 23.3 Å². The predicted octanol–water partition coefficient (Wildman–Crippen LogP) is 2.44. The number of hydrogen-bond acceptors (Lipinski definition) is 2. The van der Waals surface area contributed by atoms with Crippen molar-refractivity contribution in [1.82, 2.24) is 0 Å². The summed E-state index contributed by atoms with van der Waals surface area (Å²) in [4.78, 5) is 0. The molecule has 0 bridgehead atoms. The van der Waals surface area contributed by atoms with Crippen LogP contribution in [0.15, 0.2) is 12.1 Å². The molecule has 0 saturated carbocycles. The minimum absolute atomic E-state index is 0.671. The number of benzene rings is 1. The van der Waals surface area contributed by atoms with Crippen LogP contribution in [0.2, 0.25) is 0 Å². The lowest BCUT2D eigenvalue weighted by Crippen LogP contribution is -2.03. The number of rotatable bonds is 2. The summed E-state index contributed by atoms with van der Waals surface area (Å²) >= 11 is 0. The van der Waals surface area contributed by atoms with E-state index in [1.165, 1.54) is 16.8 Å². The topological polar surface area (TPSA) is 38.0 Å². The van der Waals surface area contributed by atoms with Crippen molar-refractivity contribution in [2.24, 2.45) is 5.92 Å². The maximum absolute atomic E-state index is 6.01. The number of nitrogens with two attached hydrogens (primary N) is 1. The SMILES string of the molecule is CC(C)Cc1c(N)ccc2c1CCN2. The first-order valence-electron chi connectivity index (χ1n) is 5.32. The molecular formula is C12H18N2. The van der Waals surface area contributed by atoms with Crippen LogP contribution in [0.1, 0.15) is 25.0 Å². The van der Waals surface area contributed by atoms with Gasteiger partial charge in [0.1, 0.15) is 0 Å². The second-order valence-electron chi connectivity index (χ2n) is 4.43. The second-order valence-corrected chi connectivity index (χ2v) is 4.43. The summed E-state index contributed by atoms with van der Waals surface area (Å²) < 4.78 is 0. The van der Waals surface area contributed by atoms with Crippen molar-refractivity contribution < 1.29 is 0 Å². The van der Waals surface area contributed by atoms with Gasteiger partial charge in [-0.15, -0.1) is 0 Å². The van der Waals surface area contributed by atoms with Gasteiger partial charge in [0.05, 0.1) is 0 Å². The van der Waals surface area contributed by atoms with Crippen LogP contribution in [-0.2, 0) is 12.8 Å². The standard InChI is InChI=1S/C12H18N2/c1-8(2)7-10-9-5-6-14-12(9)4-3-11(10)13/h3-4,8,14H,5-7,13H2,1-2H3. The zero-order valence-electron chi connectivity index (χ0n) is 8.93. The van der Waals surface area contributed by atoms with Gasteiger partial charge >= 0.3 is 0 Å². The van der Waals surface area contributed by atoms with E-state index < -0.39 is 0 Å². The molecule has 0 saturated heterocycles. The van der Waals surface area contributed by atoms with Crippen LogP contribution in [0.5, 0.6) is 0 Å². The molecule has 2 heteroatoms. The van der Waals surface area contributed by atoms with Gasteiger partial charge in [0, 0.05) is 17.9 Å². The van der Waals surface area contributed by atoms with Gasteiger partial charge in [0.2, 0.25) is 0 Å². The van der Waals surface area contributed by atoms with E-state index in [-0.39, 0.29) is 0 Å². The number of fused-ring (bicyclic) bond motifs is 1. The van der Waals surface area contributed by atoms with Gasteiger partial charge in [-0.05, 0) is 42.0 Å². The van der Waals surface area contributed by atoms with Crippen LogP contribution in [0, 0.1) is 5.92 Å². The third-order valence-corrected chi connectivity index (χ3v) is 2.77. The van der Waals surface area contributed by atoms with Crippen molar-refractivity contribution in [2.45, 2.75) is 26.7 Å². The molecule has 76 valence electrons. The molecule has 1 heterocycles. The maximum atomic E-state index is 6.01. The lowest BCUT2D eigenvalue weighted by atomic mass is 9.95. The molecule has 0 aromatic heterocycles. The molecule has 2 rings (SSSR count). The van der Waals surface area contributed by atoms with Crippen LogP contribution in [0.4, 0.5) is 11.4 Å². The number of hydrogen-bond donors (Lipinski definition) is 2. The lowest BCUT2D eigenvalue weighted by molar-refractivity contribution is 0.645.